The van der Waals surface area contributed by atoms with Crippen molar-refractivity contribution in [3.63, 3.8) is 0 Å². The summed E-state index contributed by atoms with van der Waals surface area (Å²) in [6, 6.07) is 0.963. The van der Waals surface area contributed by atoms with Crippen LogP contribution in [0, 0.1) is 17.5 Å². The molecule has 9 nitrogen and oxygen atoms in total. The maximum atomic E-state index is 14.0. The summed E-state index contributed by atoms with van der Waals surface area (Å²) >= 11 is 0. The van der Waals surface area contributed by atoms with E-state index in [0.29, 0.717) is 18.6 Å². The molecule has 1 saturated heterocycles. The fraction of sp³-hybridized carbons (Fsp3) is 0.391. The standard InChI is InChI=1S/C23H21F3N4O5/c1-2-28-35-21-19-23(33)30-12-3-4-13(7-12)34-18(30)10-29(19)9-15(20(21)31)22(32)27-8-14-16(25)5-11(24)6-17(14)26/h2,5-6,9,12-13,18H,3-4,7-8,10H2,1H3,(H,27,32)/b28-2+/t12-,13+,18-/m1/s1. The van der Waals surface area contributed by atoms with Crippen LogP contribution in [0.5, 0.6) is 5.75 Å². The lowest BCUT2D eigenvalue weighted by Gasteiger charge is -2.44. The monoisotopic (exact) mass is 490 g/mol. The van der Waals surface area contributed by atoms with Gasteiger partial charge in [0, 0.05) is 42.7 Å². The Balaban J connectivity index is 1.50. The molecule has 1 N–H and O–H groups in total. The smallest absolute Gasteiger partial charge is 0.276 e. The van der Waals surface area contributed by atoms with Crippen LogP contribution in [0.2, 0.25) is 0 Å². The van der Waals surface area contributed by atoms with E-state index in [4.69, 9.17) is 9.57 Å². The lowest BCUT2D eigenvalue weighted by molar-refractivity contribution is -0.132. The van der Waals surface area contributed by atoms with Gasteiger partial charge in [0.2, 0.25) is 11.2 Å². The summed E-state index contributed by atoms with van der Waals surface area (Å²) in [6.45, 7) is 1.06. The number of aromatic nitrogens is 1. The summed E-state index contributed by atoms with van der Waals surface area (Å²) in [6.07, 6.45) is 4.27. The van der Waals surface area contributed by atoms with Gasteiger partial charge in [-0.3, -0.25) is 14.4 Å². The highest BCUT2D eigenvalue weighted by atomic mass is 19.1. The van der Waals surface area contributed by atoms with Gasteiger partial charge >= 0.3 is 0 Å². The maximum absolute atomic E-state index is 14.0. The van der Waals surface area contributed by atoms with E-state index in [1.807, 2.05) is 0 Å². The topological polar surface area (TPSA) is 102 Å². The molecule has 3 atom stereocenters. The Morgan fingerprint density at radius 2 is 2.00 bits per heavy atom. The third-order valence-corrected chi connectivity index (χ3v) is 6.46. The Morgan fingerprint density at radius 1 is 1.26 bits per heavy atom. The number of nitrogens with zero attached hydrogens (tertiary/aromatic N) is 3. The van der Waals surface area contributed by atoms with Gasteiger partial charge in [0.1, 0.15) is 23.0 Å². The normalized spacial score (nSPS) is 22.8. The number of pyridine rings is 1. The number of ether oxygens (including phenoxy) is 1. The molecule has 184 valence electrons. The first-order valence-corrected chi connectivity index (χ1v) is 11.1. The van der Waals surface area contributed by atoms with Gasteiger partial charge < -0.3 is 24.4 Å². The number of hydrogen-bond donors (Lipinski definition) is 1. The Hall–Kier alpha value is -3.67. The molecule has 2 aliphatic heterocycles. The van der Waals surface area contributed by atoms with Crippen LogP contribution in [0.4, 0.5) is 13.2 Å². The largest absolute Gasteiger partial charge is 0.353 e. The van der Waals surface area contributed by atoms with Crippen molar-refractivity contribution in [2.75, 3.05) is 0 Å². The summed E-state index contributed by atoms with van der Waals surface area (Å²) in [7, 11) is 0. The zero-order valence-corrected chi connectivity index (χ0v) is 18.6. The highest BCUT2D eigenvalue weighted by molar-refractivity contribution is 5.99. The van der Waals surface area contributed by atoms with Gasteiger partial charge in [0.25, 0.3) is 11.8 Å². The Bertz CT molecular complexity index is 1290. The number of fused-ring (bicyclic) bond motifs is 5. The Morgan fingerprint density at radius 3 is 2.71 bits per heavy atom. The number of amides is 2. The average Bonchev–Trinajstić information content (AvgIpc) is 3.18. The second kappa shape index (κ2) is 8.84. The molecule has 2 fully saturated rings. The molecule has 1 aromatic heterocycles. The number of carbonyl (C=O) groups is 2. The van der Waals surface area contributed by atoms with Gasteiger partial charge in [-0.05, 0) is 26.2 Å². The van der Waals surface area contributed by atoms with E-state index in [0.717, 1.165) is 12.8 Å². The van der Waals surface area contributed by atoms with Crippen LogP contribution in [0.25, 0.3) is 0 Å². The SMILES string of the molecule is C/C=N/Oc1c2n(cc(C(=O)NCc3c(F)cc(F)cc3F)c1=O)C[C@H]1O[C@H]3CC[C@H](C3)N1C2=O. The van der Waals surface area contributed by atoms with Gasteiger partial charge in [0.15, 0.2) is 11.9 Å². The number of rotatable bonds is 5. The second-order valence-electron chi connectivity index (χ2n) is 8.58. The maximum Gasteiger partial charge on any atom is 0.276 e. The molecule has 35 heavy (non-hydrogen) atoms. The van der Waals surface area contributed by atoms with Gasteiger partial charge in [0.05, 0.1) is 12.6 Å². The third-order valence-electron chi connectivity index (χ3n) is 6.46. The molecule has 1 aliphatic carbocycles. The molecule has 3 aliphatic rings. The zero-order valence-electron chi connectivity index (χ0n) is 18.6. The minimum Gasteiger partial charge on any atom is -0.353 e. The molecule has 0 spiro atoms. The van der Waals surface area contributed by atoms with Crippen molar-refractivity contribution >= 4 is 18.0 Å². The number of carbonyl (C=O) groups excluding carboxylic acids is 2. The minimum absolute atomic E-state index is 0.0129. The van der Waals surface area contributed by atoms with E-state index in [2.05, 4.69) is 10.5 Å². The fourth-order valence-corrected chi connectivity index (χ4v) is 4.89. The van der Waals surface area contributed by atoms with Crippen molar-refractivity contribution in [2.24, 2.45) is 5.16 Å². The summed E-state index contributed by atoms with van der Waals surface area (Å²) in [5.74, 6) is -5.32. The van der Waals surface area contributed by atoms with Crippen molar-refractivity contribution in [1.29, 1.82) is 0 Å². The molecule has 2 aromatic rings. The molecule has 5 rings (SSSR count). The lowest BCUT2D eigenvalue weighted by Crippen LogP contribution is -2.57. The lowest BCUT2D eigenvalue weighted by atomic mass is 10.1. The number of benzene rings is 1. The number of nitrogens with one attached hydrogen (secondary N) is 1. The van der Waals surface area contributed by atoms with Gasteiger partial charge in [-0.1, -0.05) is 5.16 Å². The molecule has 3 heterocycles. The second-order valence-corrected chi connectivity index (χ2v) is 8.58. The van der Waals surface area contributed by atoms with Crippen molar-refractivity contribution in [3.05, 3.63) is 62.8 Å². The van der Waals surface area contributed by atoms with Crippen LogP contribution in [-0.2, 0) is 17.8 Å². The van der Waals surface area contributed by atoms with E-state index in [1.54, 1.807) is 11.8 Å². The van der Waals surface area contributed by atoms with E-state index in [1.165, 1.54) is 17.0 Å². The van der Waals surface area contributed by atoms with Crippen LogP contribution in [0.3, 0.4) is 0 Å². The summed E-state index contributed by atoms with van der Waals surface area (Å²) < 4.78 is 48.5. The first-order chi connectivity index (χ1) is 16.8. The molecule has 1 saturated carbocycles. The van der Waals surface area contributed by atoms with E-state index in [9.17, 15) is 27.6 Å². The van der Waals surface area contributed by atoms with Gasteiger partial charge in [-0.2, -0.15) is 0 Å². The molecule has 2 amide bonds. The van der Waals surface area contributed by atoms with E-state index in [-0.39, 0.29) is 24.4 Å². The quantitative estimate of drug-likeness (QED) is 0.512. The molecule has 0 unspecified atom stereocenters. The Labute approximate surface area is 197 Å². The van der Waals surface area contributed by atoms with E-state index < -0.39 is 64.3 Å². The van der Waals surface area contributed by atoms with Crippen molar-refractivity contribution in [1.82, 2.24) is 14.8 Å². The molecule has 0 radical (unpaired) electrons. The zero-order chi connectivity index (χ0) is 24.9. The summed E-state index contributed by atoms with van der Waals surface area (Å²) in [4.78, 5) is 46.3. The average molecular weight is 490 g/mol. The predicted octanol–water partition coefficient (Wildman–Crippen LogP) is 2.31. The summed E-state index contributed by atoms with van der Waals surface area (Å²) in [5.41, 5.74) is -1.95. The first-order valence-electron chi connectivity index (χ1n) is 11.1. The van der Waals surface area contributed by atoms with Gasteiger partial charge in [-0.15, -0.1) is 0 Å². The van der Waals surface area contributed by atoms with Crippen LogP contribution < -0.4 is 15.6 Å². The molecule has 1 aromatic carbocycles. The molecular weight excluding hydrogens is 469 g/mol. The minimum atomic E-state index is -1.18. The van der Waals surface area contributed by atoms with Crippen molar-refractivity contribution < 1.29 is 32.3 Å². The van der Waals surface area contributed by atoms with Crippen LogP contribution in [0.1, 0.15) is 52.6 Å². The van der Waals surface area contributed by atoms with Crippen LogP contribution in [0.15, 0.2) is 28.3 Å². The summed E-state index contributed by atoms with van der Waals surface area (Å²) in [5, 5.41) is 5.88. The molecule has 2 bridgehead atoms. The first kappa shape index (κ1) is 23.1. The third kappa shape index (κ3) is 3.97. The van der Waals surface area contributed by atoms with Crippen molar-refractivity contribution in [2.45, 2.75) is 57.6 Å². The molecular formula is C23H21F3N4O5. The van der Waals surface area contributed by atoms with Crippen LogP contribution >= 0.6 is 0 Å². The predicted molar refractivity (Wildman–Crippen MR) is 115 cm³/mol. The number of halogens is 3. The fourth-order valence-electron chi connectivity index (χ4n) is 4.89. The van der Waals surface area contributed by atoms with E-state index >= 15 is 0 Å². The van der Waals surface area contributed by atoms with Gasteiger partial charge in [-0.25, -0.2) is 13.2 Å². The van der Waals surface area contributed by atoms with Crippen LogP contribution in [-0.4, -0.2) is 45.9 Å². The number of hydrogen-bond acceptors (Lipinski definition) is 6. The highest BCUT2D eigenvalue weighted by Crippen LogP contribution is 2.39. The Kier molecular flexibility index (Phi) is 5.83. The number of oxime groups is 1. The molecule has 12 heteroatoms. The van der Waals surface area contributed by atoms with Crippen molar-refractivity contribution in [3.8, 4) is 5.75 Å². The highest BCUT2D eigenvalue weighted by Gasteiger charge is 2.48.